The van der Waals surface area contributed by atoms with Crippen LogP contribution in [0.25, 0.3) is 0 Å². The minimum Gasteiger partial charge on any atom is -0.311 e. The van der Waals surface area contributed by atoms with Gasteiger partial charge in [-0.3, -0.25) is 0 Å². The van der Waals surface area contributed by atoms with Crippen LogP contribution >= 0.6 is 0 Å². The lowest BCUT2D eigenvalue weighted by atomic mass is 9.83. The summed E-state index contributed by atoms with van der Waals surface area (Å²) in [6, 6.07) is 3.33. The molecule has 0 heterocycles. The van der Waals surface area contributed by atoms with Crippen LogP contribution in [-0.4, -0.2) is 31.6 Å². The van der Waals surface area contributed by atoms with Gasteiger partial charge in [0.25, 0.3) is 0 Å². The summed E-state index contributed by atoms with van der Waals surface area (Å²) >= 11 is 0. The van der Waals surface area contributed by atoms with Gasteiger partial charge >= 0.3 is 0 Å². The first-order valence-corrected chi connectivity index (χ1v) is 6.16. The first-order valence-electron chi connectivity index (χ1n) is 6.16. The van der Waals surface area contributed by atoms with Crippen LogP contribution in [0.1, 0.15) is 31.9 Å². The van der Waals surface area contributed by atoms with Crippen molar-refractivity contribution in [2.24, 2.45) is 0 Å². The second-order valence-electron chi connectivity index (χ2n) is 4.99. The van der Waals surface area contributed by atoms with E-state index < -0.39 is 5.82 Å². The molecule has 1 aromatic carbocycles. The van der Waals surface area contributed by atoms with E-state index in [4.69, 9.17) is 0 Å². The lowest BCUT2D eigenvalue weighted by molar-refractivity contribution is 0.115. The van der Waals surface area contributed by atoms with E-state index in [2.05, 4.69) is 5.32 Å². The molecule has 0 fully saturated rings. The smallest absolute Gasteiger partial charge is 0.128 e. The van der Waals surface area contributed by atoms with Crippen molar-refractivity contribution in [3.05, 3.63) is 35.4 Å². The van der Waals surface area contributed by atoms with Crippen molar-refractivity contribution < 1.29 is 8.78 Å². The van der Waals surface area contributed by atoms with Crippen molar-refractivity contribution in [2.45, 2.75) is 31.8 Å². The van der Waals surface area contributed by atoms with E-state index in [0.717, 1.165) is 12.5 Å². The first-order chi connectivity index (χ1) is 8.36. The van der Waals surface area contributed by atoms with Crippen molar-refractivity contribution in [3.8, 4) is 0 Å². The number of halogens is 2. The topological polar surface area (TPSA) is 15.3 Å². The van der Waals surface area contributed by atoms with Crippen LogP contribution in [-0.2, 0) is 0 Å². The zero-order chi connectivity index (χ0) is 13.9. The number of hydrogen-bond acceptors (Lipinski definition) is 2. The van der Waals surface area contributed by atoms with Crippen LogP contribution in [0.5, 0.6) is 0 Å². The molecule has 2 nitrogen and oxygen atoms in total. The van der Waals surface area contributed by atoms with Gasteiger partial charge in [-0.25, -0.2) is 8.78 Å². The largest absolute Gasteiger partial charge is 0.311 e. The fourth-order valence-electron chi connectivity index (χ4n) is 2.32. The predicted molar refractivity (Wildman–Crippen MR) is 70.5 cm³/mol. The second-order valence-corrected chi connectivity index (χ2v) is 4.99. The van der Waals surface area contributed by atoms with Crippen LogP contribution < -0.4 is 5.32 Å². The second kappa shape index (κ2) is 5.76. The van der Waals surface area contributed by atoms with E-state index in [1.54, 1.807) is 7.05 Å². The van der Waals surface area contributed by atoms with Gasteiger partial charge in [0, 0.05) is 11.1 Å². The minimum absolute atomic E-state index is 0.270. The first kappa shape index (κ1) is 15.1. The van der Waals surface area contributed by atoms with Crippen molar-refractivity contribution in [3.63, 3.8) is 0 Å². The Morgan fingerprint density at radius 3 is 2.39 bits per heavy atom. The van der Waals surface area contributed by atoms with Gasteiger partial charge in [0.1, 0.15) is 11.6 Å². The van der Waals surface area contributed by atoms with Gasteiger partial charge in [-0.15, -0.1) is 0 Å². The van der Waals surface area contributed by atoms with Gasteiger partial charge in [0.2, 0.25) is 0 Å². The Morgan fingerprint density at radius 1 is 1.33 bits per heavy atom. The third-order valence-electron chi connectivity index (χ3n) is 3.92. The Bertz CT molecular complexity index is 407. The number of benzene rings is 1. The summed E-state index contributed by atoms with van der Waals surface area (Å²) in [6.45, 7) is 4.08. The summed E-state index contributed by atoms with van der Waals surface area (Å²) in [4.78, 5) is 2.04. The minimum atomic E-state index is -0.413. The fourth-order valence-corrected chi connectivity index (χ4v) is 2.32. The molecule has 1 rings (SSSR count). The maximum absolute atomic E-state index is 13.9. The molecule has 0 aliphatic rings. The van der Waals surface area contributed by atoms with E-state index in [-0.39, 0.29) is 17.4 Å². The van der Waals surface area contributed by atoms with Gasteiger partial charge in [-0.2, -0.15) is 0 Å². The Hall–Kier alpha value is -1.00. The van der Waals surface area contributed by atoms with E-state index in [1.165, 1.54) is 12.1 Å². The zero-order valence-electron chi connectivity index (χ0n) is 11.7. The summed E-state index contributed by atoms with van der Waals surface area (Å²) < 4.78 is 27.2. The monoisotopic (exact) mass is 256 g/mol. The lowest BCUT2D eigenvalue weighted by Crippen LogP contribution is -2.50. The molecule has 102 valence electrons. The van der Waals surface area contributed by atoms with Gasteiger partial charge in [-0.1, -0.05) is 6.92 Å². The molecule has 2 atom stereocenters. The Labute approximate surface area is 108 Å². The summed E-state index contributed by atoms with van der Waals surface area (Å²) in [6.07, 6.45) is 0.821. The number of hydrogen-bond donors (Lipinski definition) is 1. The molecular weight excluding hydrogens is 234 g/mol. The summed E-state index contributed by atoms with van der Waals surface area (Å²) in [5.74, 6) is -0.791. The van der Waals surface area contributed by atoms with Crippen LogP contribution in [0.2, 0.25) is 0 Å². The van der Waals surface area contributed by atoms with E-state index >= 15 is 0 Å². The molecule has 18 heavy (non-hydrogen) atoms. The Kier molecular flexibility index (Phi) is 4.82. The standard InChI is InChI=1S/C14H22F2N2/c1-6-14(2,18(4)5)13(17-3)11-9-10(15)7-8-12(11)16/h7-9,13,17H,6H2,1-5H3. The van der Waals surface area contributed by atoms with Gasteiger partial charge < -0.3 is 10.2 Å². The molecule has 0 aliphatic heterocycles. The molecule has 0 bridgehead atoms. The van der Waals surface area contributed by atoms with E-state index in [9.17, 15) is 8.78 Å². The van der Waals surface area contributed by atoms with Gasteiger partial charge in [-0.05, 0) is 52.7 Å². The third kappa shape index (κ3) is 2.70. The highest BCUT2D eigenvalue weighted by Gasteiger charge is 2.36. The fraction of sp³-hybridized carbons (Fsp3) is 0.571. The molecule has 1 aromatic rings. The average molecular weight is 256 g/mol. The molecule has 0 spiro atoms. The quantitative estimate of drug-likeness (QED) is 0.871. The van der Waals surface area contributed by atoms with E-state index in [1.807, 2.05) is 32.8 Å². The van der Waals surface area contributed by atoms with Crippen LogP contribution in [0.15, 0.2) is 18.2 Å². The highest BCUT2D eigenvalue weighted by Crippen LogP contribution is 2.33. The van der Waals surface area contributed by atoms with Gasteiger partial charge in [0.15, 0.2) is 0 Å². The van der Waals surface area contributed by atoms with Crippen molar-refractivity contribution in [1.29, 1.82) is 0 Å². The maximum Gasteiger partial charge on any atom is 0.128 e. The van der Waals surface area contributed by atoms with Crippen molar-refractivity contribution in [1.82, 2.24) is 10.2 Å². The summed E-state index contributed by atoms with van der Waals surface area (Å²) in [7, 11) is 5.67. The number of nitrogens with zero attached hydrogens (tertiary/aromatic N) is 1. The molecule has 2 unspecified atom stereocenters. The van der Waals surface area contributed by atoms with Crippen LogP contribution in [0.3, 0.4) is 0 Å². The lowest BCUT2D eigenvalue weighted by Gasteiger charge is -2.43. The van der Waals surface area contributed by atoms with Crippen LogP contribution in [0, 0.1) is 11.6 Å². The Balaban J connectivity index is 3.28. The molecule has 0 saturated heterocycles. The van der Waals surface area contributed by atoms with Crippen LogP contribution in [0.4, 0.5) is 8.78 Å². The summed E-state index contributed by atoms with van der Waals surface area (Å²) in [5.41, 5.74) is 0.0826. The normalized spacial score (nSPS) is 16.7. The highest BCUT2D eigenvalue weighted by atomic mass is 19.1. The molecule has 1 N–H and O–H groups in total. The molecular formula is C14H22F2N2. The predicted octanol–water partition coefficient (Wildman–Crippen LogP) is 2.96. The molecule has 0 radical (unpaired) electrons. The SMILES string of the molecule is CCC(C)(C(NC)c1cc(F)ccc1F)N(C)C. The zero-order valence-corrected chi connectivity index (χ0v) is 11.7. The molecule has 4 heteroatoms. The van der Waals surface area contributed by atoms with E-state index in [0.29, 0.717) is 5.56 Å². The number of likely N-dealkylation sites (N-methyl/N-ethyl adjacent to an activating group) is 2. The molecule has 0 aliphatic carbocycles. The highest BCUT2D eigenvalue weighted by molar-refractivity contribution is 5.25. The average Bonchev–Trinajstić information content (AvgIpc) is 2.33. The van der Waals surface area contributed by atoms with Crippen molar-refractivity contribution in [2.75, 3.05) is 21.1 Å². The summed E-state index contributed by atoms with van der Waals surface area (Å²) in [5, 5.41) is 3.11. The maximum atomic E-state index is 13.9. The number of rotatable bonds is 5. The Morgan fingerprint density at radius 2 is 1.94 bits per heavy atom. The van der Waals surface area contributed by atoms with Crippen molar-refractivity contribution >= 4 is 0 Å². The van der Waals surface area contributed by atoms with Gasteiger partial charge in [0.05, 0.1) is 6.04 Å². The molecule has 0 saturated carbocycles. The third-order valence-corrected chi connectivity index (χ3v) is 3.92. The molecule has 0 aromatic heterocycles. The number of nitrogens with one attached hydrogen (secondary N) is 1. The molecule has 0 amide bonds.